The quantitative estimate of drug-likeness (QED) is 0.0702. The molecule has 0 fully saturated rings. The van der Waals surface area contributed by atoms with Crippen molar-refractivity contribution in [1.82, 2.24) is 14.9 Å². The summed E-state index contributed by atoms with van der Waals surface area (Å²) in [5.74, 6) is 0.929. The zero-order valence-corrected chi connectivity index (χ0v) is 23.7. The van der Waals surface area contributed by atoms with Gasteiger partial charge in [0.15, 0.2) is 0 Å². The fourth-order valence-corrected chi connectivity index (χ4v) is 4.90. The highest BCUT2D eigenvalue weighted by Gasteiger charge is 2.30. The van der Waals surface area contributed by atoms with Crippen LogP contribution in [0.25, 0.3) is 10.4 Å². The van der Waals surface area contributed by atoms with Crippen LogP contribution in [0.2, 0.25) is 0 Å². The number of rotatable bonds is 18. The van der Waals surface area contributed by atoms with Crippen LogP contribution in [0, 0.1) is 6.92 Å². The first kappa shape index (κ1) is 31.4. The maximum Gasteiger partial charge on any atom is 0.345 e. The van der Waals surface area contributed by atoms with E-state index in [1.54, 1.807) is 7.11 Å². The average molecular weight is 577 g/mol. The van der Waals surface area contributed by atoms with Crippen molar-refractivity contribution in [2.24, 2.45) is 5.11 Å². The molecule has 0 bridgehead atoms. The lowest BCUT2D eigenvalue weighted by Gasteiger charge is -2.37. The highest BCUT2D eigenvalue weighted by atomic mass is 32.2. The third-order valence-corrected chi connectivity index (χ3v) is 7.19. The van der Waals surface area contributed by atoms with Crippen LogP contribution in [0.3, 0.4) is 0 Å². The molecular weight excluding hydrogens is 540 g/mol. The monoisotopic (exact) mass is 576 g/mol. The fourth-order valence-electron chi connectivity index (χ4n) is 4.03. The number of H-pyrrole nitrogens is 1. The Balaban J connectivity index is 1.43. The average Bonchev–Trinajstić information content (AvgIpc) is 2.96. The van der Waals surface area contributed by atoms with Crippen LogP contribution in [0.5, 0.6) is 5.75 Å². The molecule has 0 saturated heterocycles. The minimum atomic E-state index is -0.436. The molecule has 40 heavy (non-hydrogen) atoms. The van der Waals surface area contributed by atoms with Crippen LogP contribution in [0.15, 0.2) is 39.3 Å². The third kappa shape index (κ3) is 10.5. The van der Waals surface area contributed by atoms with Crippen molar-refractivity contribution in [3.05, 3.63) is 62.0 Å². The molecule has 14 heteroatoms. The summed E-state index contributed by atoms with van der Waals surface area (Å²) in [6.45, 7) is 5.87. The number of methoxy groups -OCH3 is 1. The summed E-state index contributed by atoms with van der Waals surface area (Å²) in [5, 5.41) is 4.03. The van der Waals surface area contributed by atoms with E-state index >= 15 is 0 Å². The lowest BCUT2D eigenvalue weighted by Crippen LogP contribution is -2.47. The maximum absolute atomic E-state index is 13.3. The molecule has 1 aliphatic rings. The van der Waals surface area contributed by atoms with Gasteiger partial charge in [0.1, 0.15) is 5.75 Å². The van der Waals surface area contributed by atoms with Crippen molar-refractivity contribution in [2.75, 3.05) is 72.3 Å². The summed E-state index contributed by atoms with van der Waals surface area (Å²) in [6, 6.07) is 5.76. The van der Waals surface area contributed by atoms with Crippen molar-refractivity contribution < 1.29 is 28.5 Å². The van der Waals surface area contributed by atoms with Crippen molar-refractivity contribution in [2.45, 2.75) is 31.0 Å². The van der Waals surface area contributed by atoms with Gasteiger partial charge in [0.25, 0.3) is 0 Å². The number of aryl methyl sites for hydroxylation is 1. The smallest absolute Gasteiger partial charge is 0.345 e. The molecule has 13 nitrogen and oxygen atoms in total. The molecule has 0 saturated carbocycles. The van der Waals surface area contributed by atoms with E-state index in [4.69, 9.17) is 29.2 Å². The molecule has 218 valence electrons. The summed E-state index contributed by atoms with van der Waals surface area (Å²) < 4.78 is 27.6. The van der Waals surface area contributed by atoms with Crippen LogP contribution in [-0.2, 0) is 36.7 Å². The first-order chi connectivity index (χ1) is 19.5. The van der Waals surface area contributed by atoms with Gasteiger partial charge in [-0.1, -0.05) is 22.9 Å². The number of carbonyl (C=O) groups is 1. The Morgan fingerprint density at radius 2 is 1.82 bits per heavy atom. The predicted molar refractivity (Wildman–Crippen MR) is 149 cm³/mol. The molecule has 2 aromatic rings. The first-order valence-corrected chi connectivity index (χ1v) is 14.0. The summed E-state index contributed by atoms with van der Waals surface area (Å²) in [7, 11) is 1.64. The SMILES string of the molecule is COc1ccc2c(c1)C[C@H](COCCOCCOCCOCCN=[N+]=[N-])N(C(=O)CSc1[nH]c(=O)ncc1C)C2. The molecule has 2 heterocycles. The molecule has 0 radical (unpaired) electrons. The number of aromatic nitrogens is 2. The highest BCUT2D eigenvalue weighted by molar-refractivity contribution is 7.99. The molecule has 1 N–H and O–H groups in total. The number of hydrogen-bond acceptors (Lipinski definition) is 10. The Kier molecular flexibility index (Phi) is 13.8. The van der Waals surface area contributed by atoms with Crippen molar-refractivity contribution in [1.29, 1.82) is 0 Å². The summed E-state index contributed by atoms with van der Waals surface area (Å²) in [5.41, 5.74) is 10.8. The second kappa shape index (κ2) is 17.5. The number of fused-ring (bicyclic) bond motifs is 1. The van der Waals surface area contributed by atoms with Gasteiger partial charge in [-0.15, -0.1) is 0 Å². The van der Waals surface area contributed by atoms with E-state index in [1.165, 1.54) is 18.0 Å². The van der Waals surface area contributed by atoms with E-state index in [0.717, 1.165) is 22.4 Å². The van der Waals surface area contributed by atoms with Gasteiger partial charge in [0, 0.05) is 24.2 Å². The number of benzene rings is 1. The third-order valence-electron chi connectivity index (χ3n) is 6.09. The molecule has 0 aliphatic carbocycles. The molecule has 1 aromatic carbocycles. The van der Waals surface area contributed by atoms with Crippen molar-refractivity contribution in [3.8, 4) is 5.75 Å². The topological polar surface area (TPSA) is 161 Å². The Bertz CT molecular complexity index is 1190. The van der Waals surface area contributed by atoms with Gasteiger partial charge < -0.3 is 33.6 Å². The van der Waals surface area contributed by atoms with Crippen molar-refractivity contribution in [3.63, 3.8) is 0 Å². The molecular formula is C26H36N6O7S. The standard InChI is InChI=1S/C26H36N6O7S/c1-19-15-28-26(34)30-25(19)40-18-24(33)32-16-20-3-4-23(35-2)14-21(20)13-22(32)17-39-12-11-38-10-9-37-8-7-36-6-5-29-31-27/h3-4,14-15,22H,5-13,16-18H2,1-2H3,(H,28,30,34)/t22-/m1/s1. The maximum atomic E-state index is 13.3. The van der Waals surface area contributed by atoms with E-state index < -0.39 is 5.69 Å². The van der Waals surface area contributed by atoms with Gasteiger partial charge in [0.2, 0.25) is 5.91 Å². The van der Waals surface area contributed by atoms with Crippen LogP contribution in [0.1, 0.15) is 16.7 Å². The van der Waals surface area contributed by atoms with Gasteiger partial charge in [-0.3, -0.25) is 4.79 Å². The van der Waals surface area contributed by atoms with E-state index in [9.17, 15) is 9.59 Å². The number of nitrogens with one attached hydrogen (secondary N) is 1. The Labute approximate surface area is 237 Å². The van der Waals surface area contributed by atoms with Crippen LogP contribution in [-0.4, -0.2) is 99.1 Å². The molecule has 0 spiro atoms. The number of azide groups is 1. The molecule has 1 aromatic heterocycles. The summed E-state index contributed by atoms with van der Waals surface area (Å²) >= 11 is 1.30. The van der Waals surface area contributed by atoms with E-state index in [2.05, 4.69) is 20.0 Å². The second-order valence-electron chi connectivity index (χ2n) is 8.87. The predicted octanol–water partition coefficient (Wildman–Crippen LogP) is 2.51. The number of nitrogens with zero attached hydrogens (tertiary/aromatic N) is 5. The normalized spacial score (nSPS) is 14.4. The number of amides is 1. The van der Waals surface area contributed by atoms with Gasteiger partial charge >= 0.3 is 5.69 Å². The minimum Gasteiger partial charge on any atom is -0.497 e. The minimum absolute atomic E-state index is 0.0349. The Hall–Kier alpha value is -3.13. The first-order valence-electron chi connectivity index (χ1n) is 13.0. The number of hydrogen-bond donors (Lipinski definition) is 1. The molecule has 1 aliphatic heterocycles. The van der Waals surface area contributed by atoms with Crippen molar-refractivity contribution >= 4 is 17.7 Å². The number of carbonyl (C=O) groups excluding carboxylic acids is 1. The Morgan fingerprint density at radius 1 is 1.12 bits per heavy atom. The van der Waals surface area contributed by atoms with E-state index in [0.29, 0.717) is 77.4 Å². The zero-order valence-electron chi connectivity index (χ0n) is 22.9. The van der Waals surface area contributed by atoms with Gasteiger partial charge in [-0.05, 0) is 47.7 Å². The second-order valence-corrected chi connectivity index (χ2v) is 9.86. The molecule has 3 rings (SSSR count). The largest absolute Gasteiger partial charge is 0.497 e. The molecule has 1 amide bonds. The lowest BCUT2D eigenvalue weighted by molar-refractivity contribution is -0.133. The molecule has 0 unspecified atom stereocenters. The summed E-state index contributed by atoms with van der Waals surface area (Å²) in [6.07, 6.45) is 2.15. The van der Waals surface area contributed by atoms with E-state index in [-0.39, 0.29) is 17.7 Å². The zero-order chi connectivity index (χ0) is 28.6. The molecule has 1 atom stereocenters. The van der Waals surface area contributed by atoms with E-state index in [1.807, 2.05) is 30.0 Å². The number of thioether (sulfide) groups is 1. The number of ether oxygens (including phenoxy) is 5. The van der Waals surface area contributed by atoms with Crippen LogP contribution >= 0.6 is 11.8 Å². The van der Waals surface area contributed by atoms with Crippen LogP contribution < -0.4 is 10.4 Å². The van der Waals surface area contributed by atoms with Gasteiger partial charge in [-0.25, -0.2) is 9.78 Å². The lowest BCUT2D eigenvalue weighted by atomic mass is 9.94. The number of aromatic amines is 1. The fraction of sp³-hybridized carbons (Fsp3) is 0.577. The van der Waals surface area contributed by atoms with Crippen LogP contribution in [0.4, 0.5) is 0 Å². The Morgan fingerprint density at radius 3 is 2.52 bits per heavy atom. The van der Waals surface area contributed by atoms with Gasteiger partial charge in [0.05, 0.1) is 76.8 Å². The highest BCUT2D eigenvalue weighted by Crippen LogP contribution is 2.28. The summed E-state index contributed by atoms with van der Waals surface area (Å²) in [4.78, 5) is 35.8. The van der Waals surface area contributed by atoms with Gasteiger partial charge in [-0.2, -0.15) is 0 Å².